The van der Waals surface area contributed by atoms with Crippen molar-refractivity contribution in [3.05, 3.63) is 53.6 Å². The van der Waals surface area contributed by atoms with Gasteiger partial charge in [-0.3, -0.25) is 4.79 Å². The van der Waals surface area contributed by atoms with Gasteiger partial charge in [-0.2, -0.15) is 0 Å². The van der Waals surface area contributed by atoms with Gasteiger partial charge in [0.05, 0.1) is 12.0 Å². The van der Waals surface area contributed by atoms with Gasteiger partial charge in [0.15, 0.2) is 6.61 Å². The first-order valence-corrected chi connectivity index (χ1v) is 8.78. The minimum absolute atomic E-state index is 0.00000897. The smallest absolute Gasteiger partial charge is 0.342 e. The van der Waals surface area contributed by atoms with E-state index in [1.165, 1.54) is 13.2 Å². The molecule has 8 nitrogen and oxygen atoms in total. The number of hydrogen-bond acceptors (Lipinski definition) is 6. The SMILES string of the molecule is COc1ccc(S(N)(=O)=O)cc1C(=O)OCC(=O)Nc1cc(F)cc(F)c1. The van der Waals surface area contributed by atoms with Crippen LogP contribution in [0.3, 0.4) is 0 Å². The Morgan fingerprint density at radius 1 is 1.11 bits per heavy atom. The number of rotatable bonds is 6. The largest absolute Gasteiger partial charge is 0.496 e. The van der Waals surface area contributed by atoms with Crippen LogP contribution in [0.25, 0.3) is 0 Å². The fourth-order valence-corrected chi connectivity index (χ4v) is 2.60. The first-order valence-electron chi connectivity index (χ1n) is 7.24. The Kier molecular flexibility index (Phi) is 6.08. The number of primary sulfonamides is 1. The van der Waals surface area contributed by atoms with Crippen molar-refractivity contribution in [2.45, 2.75) is 4.90 Å². The van der Waals surface area contributed by atoms with E-state index in [-0.39, 0.29) is 21.9 Å². The molecule has 0 spiro atoms. The van der Waals surface area contributed by atoms with Gasteiger partial charge in [-0.15, -0.1) is 0 Å². The van der Waals surface area contributed by atoms with Crippen molar-refractivity contribution in [2.75, 3.05) is 19.0 Å². The highest BCUT2D eigenvalue weighted by Gasteiger charge is 2.19. The van der Waals surface area contributed by atoms with Crippen LogP contribution in [-0.4, -0.2) is 34.0 Å². The van der Waals surface area contributed by atoms with Gasteiger partial charge in [-0.25, -0.2) is 27.1 Å². The second kappa shape index (κ2) is 8.10. The van der Waals surface area contributed by atoms with Gasteiger partial charge >= 0.3 is 5.97 Å². The summed E-state index contributed by atoms with van der Waals surface area (Å²) in [5.74, 6) is -3.72. The molecule has 0 heterocycles. The first kappa shape index (κ1) is 20.3. The van der Waals surface area contributed by atoms with Crippen molar-refractivity contribution >= 4 is 27.6 Å². The number of methoxy groups -OCH3 is 1. The molecule has 0 saturated heterocycles. The fraction of sp³-hybridized carbons (Fsp3) is 0.125. The number of hydrogen-bond donors (Lipinski definition) is 2. The lowest BCUT2D eigenvalue weighted by molar-refractivity contribution is -0.119. The fourth-order valence-electron chi connectivity index (χ4n) is 2.06. The summed E-state index contributed by atoms with van der Waals surface area (Å²) in [6.07, 6.45) is 0. The van der Waals surface area contributed by atoms with Gasteiger partial charge in [-0.1, -0.05) is 0 Å². The molecule has 27 heavy (non-hydrogen) atoms. The van der Waals surface area contributed by atoms with Crippen molar-refractivity contribution in [1.82, 2.24) is 0 Å². The van der Waals surface area contributed by atoms with Crippen molar-refractivity contribution < 1.29 is 36.3 Å². The average Bonchev–Trinajstić information content (AvgIpc) is 2.57. The molecule has 0 aliphatic carbocycles. The maximum Gasteiger partial charge on any atom is 0.342 e. The molecule has 11 heteroatoms. The summed E-state index contributed by atoms with van der Waals surface area (Å²) in [6.45, 7) is -0.792. The van der Waals surface area contributed by atoms with E-state index in [4.69, 9.17) is 14.6 Å². The number of halogens is 2. The molecule has 0 saturated carbocycles. The molecule has 0 aliphatic heterocycles. The number of sulfonamides is 1. The Morgan fingerprint density at radius 3 is 2.30 bits per heavy atom. The molecular formula is C16H14F2N2O6S. The number of carbonyl (C=O) groups is 2. The van der Waals surface area contributed by atoms with E-state index in [9.17, 15) is 26.8 Å². The number of esters is 1. The molecule has 0 unspecified atom stereocenters. The molecule has 3 N–H and O–H groups in total. The van der Waals surface area contributed by atoms with Gasteiger partial charge in [-0.05, 0) is 30.3 Å². The minimum Gasteiger partial charge on any atom is -0.496 e. The van der Waals surface area contributed by atoms with Crippen LogP contribution in [0.5, 0.6) is 5.75 Å². The van der Waals surface area contributed by atoms with E-state index in [0.717, 1.165) is 24.3 Å². The highest BCUT2D eigenvalue weighted by Crippen LogP contribution is 2.23. The molecule has 0 fully saturated rings. The van der Waals surface area contributed by atoms with Crippen molar-refractivity contribution in [1.29, 1.82) is 0 Å². The number of amides is 1. The van der Waals surface area contributed by atoms with Crippen molar-refractivity contribution in [3.8, 4) is 5.75 Å². The van der Waals surface area contributed by atoms with E-state index >= 15 is 0 Å². The third kappa shape index (κ3) is 5.46. The highest BCUT2D eigenvalue weighted by atomic mass is 32.2. The van der Waals surface area contributed by atoms with E-state index < -0.39 is 40.1 Å². The van der Waals surface area contributed by atoms with Crippen LogP contribution in [0.1, 0.15) is 10.4 Å². The summed E-state index contributed by atoms with van der Waals surface area (Å²) in [6, 6.07) is 5.65. The van der Waals surface area contributed by atoms with Gasteiger partial charge in [0, 0.05) is 11.8 Å². The lowest BCUT2D eigenvalue weighted by Gasteiger charge is -2.10. The average molecular weight is 400 g/mol. The summed E-state index contributed by atoms with van der Waals surface area (Å²) in [5.41, 5.74) is -0.434. The van der Waals surface area contributed by atoms with Gasteiger partial charge in [0.2, 0.25) is 10.0 Å². The quantitative estimate of drug-likeness (QED) is 0.707. The van der Waals surface area contributed by atoms with Crippen LogP contribution in [0.2, 0.25) is 0 Å². The molecule has 2 aromatic rings. The lowest BCUT2D eigenvalue weighted by Crippen LogP contribution is -2.21. The lowest BCUT2D eigenvalue weighted by atomic mass is 10.2. The van der Waals surface area contributed by atoms with E-state index in [0.29, 0.717) is 6.07 Å². The van der Waals surface area contributed by atoms with Crippen LogP contribution >= 0.6 is 0 Å². The standard InChI is InChI=1S/C16H14F2N2O6S/c1-25-14-3-2-12(27(19,23)24)7-13(14)16(22)26-8-15(21)20-11-5-9(17)4-10(18)6-11/h2-7H,8H2,1H3,(H,20,21)(H2,19,23,24). The zero-order chi connectivity index (χ0) is 20.2. The van der Waals surface area contributed by atoms with Crippen LogP contribution < -0.4 is 15.2 Å². The Balaban J connectivity index is 2.09. The second-order valence-corrected chi connectivity index (χ2v) is 6.75. The minimum atomic E-state index is -4.08. The highest BCUT2D eigenvalue weighted by molar-refractivity contribution is 7.89. The third-order valence-corrected chi connectivity index (χ3v) is 4.11. The molecule has 144 valence electrons. The maximum absolute atomic E-state index is 13.1. The Labute approximate surface area is 152 Å². The van der Waals surface area contributed by atoms with E-state index in [2.05, 4.69) is 5.32 Å². The van der Waals surface area contributed by atoms with Gasteiger partial charge < -0.3 is 14.8 Å². The molecule has 0 atom stereocenters. The summed E-state index contributed by atoms with van der Waals surface area (Å²) >= 11 is 0. The molecular weight excluding hydrogens is 386 g/mol. The second-order valence-electron chi connectivity index (χ2n) is 5.19. The van der Waals surface area contributed by atoms with E-state index in [1.807, 2.05) is 0 Å². The molecule has 0 aliphatic rings. The summed E-state index contributed by atoms with van der Waals surface area (Å²) < 4.78 is 58.7. The van der Waals surface area contributed by atoms with Crippen LogP contribution in [0.15, 0.2) is 41.3 Å². The Morgan fingerprint density at radius 2 is 1.74 bits per heavy atom. The number of carbonyl (C=O) groups excluding carboxylic acids is 2. The normalized spacial score (nSPS) is 11.0. The number of benzene rings is 2. The number of anilines is 1. The molecule has 2 aromatic carbocycles. The van der Waals surface area contributed by atoms with Gasteiger partial charge in [0.1, 0.15) is 22.9 Å². The molecule has 0 bridgehead atoms. The number of nitrogens with two attached hydrogens (primary N) is 1. The summed E-state index contributed by atoms with van der Waals surface area (Å²) in [4.78, 5) is 23.6. The first-order chi connectivity index (χ1) is 12.6. The number of ether oxygens (including phenoxy) is 2. The van der Waals surface area contributed by atoms with Crippen molar-refractivity contribution in [2.24, 2.45) is 5.14 Å². The third-order valence-electron chi connectivity index (χ3n) is 3.20. The predicted molar refractivity (Wildman–Crippen MR) is 89.6 cm³/mol. The zero-order valence-electron chi connectivity index (χ0n) is 13.9. The topological polar surface area (TPSA) is 125 Å². The van der Waals surface area contributed by atoms with E-state index in [1.54, 1.807) is 0 Å². The Bertz CT molecular complexity index is 974. The van der Waals surface area contributed by atoms with Crippen LogP contribution in [-0.2, 0) is 19.6 Å². The molecule has 1 amide bonds. The molecule has 2 rings (SSSR count). The summed E-state index contributed by atoms with van der Waals surface area (Å²) in [7, 11) is -2.83. The van der Waals surface area contributed by atoms with Crippen molar-refractivity contribution in [3.63, 3.8) is 0 Å². The summed E-state index contributed by atoms with van der Waals surface area (Å²) in [5, 5.41) is 7.16. The molecule has 0 aromatic heterocycles. The van der Waals surface area contributed by atoms with Gasteiger partial charge in [0.25, 0.3) is 5.91 Å². The predicted octanol–water partition coefficient (Wildman–Crippen LogP) is 1.42. The zero-order valence-corrected chi connectivity index (χ0v) is 14.7. The monoisotopic (exact) mass is 400 g/mol. The van der Waals surface area contributed by atoms with Crippen LogP contribution in [0.4, 0.5) is 14.5 Å². The molecule has 0 radical (unpaired) electrons. The van der Waals surface area contributed by atoms with Crippen LogP contribution in [0, 0.1) is 11.6 Å². The Hall–Kier alpha value is -3.05. The number of nitrogens with one attached hydrogen (secondary N) is 1. The maximum atomic E-state index is 13.1.